The Labute approximate surface area is 198 Å². The molecule has 2 aromatic rings. The molecule has 1 aromatic carbocycles. The van der Waals surface area contributed by atoms with E-state index in [-0.39, 0.29) is 37.3 Å². The number of furan rings is 1. The molecule has 1 aromatic heterocycles. The van der Waals surface area contributed by atoms with Crippen LogP contribution in [0.5, 0.6) is 0 Å². The van der Waals surface area contributed by atoms with Gasteiger partial charge in [0.25, 0.3) is 5.54 Å². The van der Waals surface area contributed by atoms with E-state index in [0.29, 0.717) is 5.76 Å². The van der Waals surface area contributed by atoms with E-state index in [9.17, 15) is 31.1 Å². The first-order valence-electron chi connectivity index (χ1n) is 11.1. The van der Waals surface area contributed by atoms with Crippen molar-refractivity contribution in [3.8, 4) is 0 Å². The van der Waals surface area contributed by atoms with Gasteiger partial charge in [-0.15, -0.1) is 0 Å². The highest BCUT2D eigenvalue weighted by Crippen LogP contribution is 2.57. The predicted molar refractivity (Wildman–Crippen MR) is 116 cm³/mol. The molecule has 35 heavy (non-hydrogen) atoms. The highest BCUT2D eigenvalue weighted by Gasteiger charge is 2.76. The topological polar surface area (TPSA) is 45.8 Å². The molecular weight excluding hydrogens is 474 g/mol. The maximum atomic E-state index is 14.4. The van der Waals surface area contributed by atoms with E-state index in [0.717, 1.165) is 5.56 Å². The number of nitrogens with zero attached hydrogens (tertiary/aromatic N) is 2. The van der Waals surface area contributed by atoms with E-state index in [1.807, 2.05) is 0 Å². The Morgan fingerprint density at radius 3 is 2.17 bits per heavy atom. The summed E-state index contributed by atoms with van der Waals surface area (Å²) >= 11 is 0. The van der Waals surface area contributed by atoms with Gasteiger partial charge in [-0.2, -0.15) is 26.3 Å². The summed E-state index contributed by atoms with van der Waals surface area (Å²) in [6.45, 7) is 3.16. The van der Waals surface area contributed by atoms with Crippen molar-refractivity contribution < 1.29 is 35.6 Å². The van der Waals surface area contributed by atoms with Crippen LogP contribution < -0.4 is 0 Å². The molecule has 2 heterocycles. The van der Waals surface area contributed by atoms with Gasteiger partial charge < -0.3 is 9.32 Å². The van der Waals surface area contributed by atoms with Crippen LogP contribution in [-0.4, -0.2) is 34.4 Å². The van der Waals surface area contributed by atoms with Gasteiger partial charge >= 0.3 is 12.4 Å². The van der Waals surface area contributed by atoms with Crippen LogP contribution in [0.15, 0.2) is 69.4 Å². The molecule has 10 heteroatoms. The lowest BCUT2D eigenvalue weighted by Gasteiger charge is -2.48. The molecule has 0 unspecified atom stereocenters. The van der Waals surface area contributed by atoms with Crippen molar-refractivity contribution in [1.29, 1.82) is 0 Å². The molecular formula is C25H24F6N2O2. The van der Waals surface area contributed by atoms with Gasteiger partial charge in [-0.3, -0.25) is 4.79 Å². The monoisotopic (exact) mass is 498 g/mol. The first kappa shape index (κ1) is 25.1. The molecule has 0 radical (unpaired) electrons. The summed E-state index contributed by atoms with van der Waals surface area (Å²) in [4.78, 5) is 17.7. The number of carbonyl (C=O) groups is 1. The van der Waals surface area contributed by atoms with E-state index in [2.05, 4.69) is 4.99 Å². The van der Waals surface area contributed by atoms with Crippen molar-refractivity contribution in [2.75, 3.05) is 0 Å². The van der Waals surface area contributed by atoms with Crippen molar-refractivity contribution in [2.45, 2.75) is 64.0 Å². The average Bonchev–Trinajstić information content (AvgIpc) is 3.24. The van der Waals surface area contributed by atoms with E-state index >= 15 is 0 Å². The number of benzene rings is 1. The smallest absolute Gasteiger partial charge is 0.427 e. The normalized spacial score (nSPS) is 20.1. The fraction of sp³-hybridized carbons (Fsp3) is 0.440. The summed E-state index contributed by atoms with van der Waals surface area (Å²) < 4.78 is 91.9. The highest BCUT2D eigenvalue weighted by molar-refractivity contribution is 6.03. The van der Waals surface area contributed by atoms with Crippen molar-refractivity contribution in [3.05, 3.63) is 71.3 Å². The third-order valence-electron chi connectivity index (χ3n) is 6.34. The molecule has 0 N–H and O–H groups in total. The Morgan fingerprint density at radius 2 is 1.60 bits per heavy atom. The molecule has 0 fully saturated rings. The van der Waals surface area contributed by atoms with Gasteiger partial charge in [-0.25, -0.2) is 4.99 Å². The zero-order valence-corrected chi connectivity index (χ0v) is 19.1. The molecule has 4 rings (SSSR count). The predicted octanol–water partition coefficient (Wildman–Crippen LogP) is 6.63. The van der Waals surface area contributed by atoms with Gasteiger partial charge in [0.2, 0.25) is 0 Å². The minimum atomic E-state index is -5.86. The molecule has 0 bridgehead atoms. The Kier molecular flexibility index (Phi) is 6.13. The van der Waals surface area contributed by atoms with Crippen LogP contribution in [0.1, 0.15) is 44.4 Å². The molecule has 188 valence electrons. The van der Waals surface area contributed by atoms with E-state index in [1.165, 1.54) is 11.2 Å². The maximum Gasteiger partial charge on any atom is 0.427 e. The van der Waals surface area contributed by atoms with Crippen LogP contribution in [0.25, 0.3) is 0 Å². The summed E-state index contributed by atoms with van der Waals surface area (Å²) in [6, 6.07) is 11.8. The second kappa shape index (κ2) is 8.57. The number of Topliss-reactive ketones (excluding diaryl/α,β-unsaturated/α-hetero) is 1. The minimum absolute atomic E-state index is 0.144. The van der Waals surface area contributed by atoms with Crippen LogP contribution in [0.3, 0.4) is 0 Å². The summed E-state index contributed by atoms with van der Waals surface area (Å²) in [7, 11) is 0. The number of aliphatic imine (C=N–C) groups is 1. The summed E-state index contributed by atoms with van der Waals surface area (Å²) in [5, 5.41) is 0. The minimum Gasteiger partial charge on any atom is -0.467 e. The lowest BCUT2D eigenvalue weighted by molar-refractivity contribution is -0.283. The van der Waals surface area contributed by atoms with E-state index in [4.69, 9.17) is 4.42 Å². The quantitative estimate of drug-likeness (QED) is 0.435. The molecule has 1 aliphatic heterocycles. The van der Waals surface area contributed by atoms with Crippen molar-refractivity contribution in [2.24, 2.45) is 10.4 Å². The molecule has 4 nitrogen and oxygen atoms in total. The van der Waals surface area contributed by atoms with Gasteiger partial charge in [-0.1, -0.05) is 44.2 Å². The second-order valence-corrected chi connectivity index (χ2v) is 9.65. The number of aryl methyl sites for hydroxylation is 1. The van der Waals surface area contributed by atoms with E-state index < -0.39 is 41.1 Å². The Hall–Kier alpha value is -3.04. The third-order valence-corrected chi connectivity index (χ3v) is 6.34. The van der Waals surface area contributed by atoms with Crippen LogP contribution in [-0.2, 0) is 17.8 Å². The fourth-order valence-electron chi connectivity index (χ4n) is 4.80. The standard InChI is InChI=1S/C25H24F6N2O2/c1-22(2)13-18-21(19(34)14-22)23(24(26,27)28,25(29,30)31)32-20(11-10-16-7-4-3-5-8-16)33(18)15-17-9-6-12-35-17/h3-9,12H,10-11,13-15H2,1-2H3. The number of ketones is 1. The number of halogens is 6. The van der Waals surface area contributed by atoms with Gasteiger partial charge in [0.05, 0.1) is 18.4 Å². The largest absolute Gasteiger partial charge is 0.467 e. The zero-order valence-electron chi connectivity index (χ0n) is 19.1. The first-order chi connectivity index (χ1) is 16.3. The number of hydrogen-bond donors (Lipinski definition) is 0. The Balaban J connectivity index is 1.93. The molecule has 0 amide bonds. The Morgan fingerprint density at radius 1 is 0.943 bits per heavy atom. The second-order valence-electron chi connectivity index (χ2n) is 9.65. The molecule has 0 saturated carbocycles. The summed E-state index contributed by atoms with van der Waals surface area (Å²) in [6.07, 6.45) is -11.0. The maximum absolute atomic E-state index is 14.4. The number of rotatable bonds is 5. The third kappa shape index (κ3) is 4.50. The number of amidine groups is 1. The van der Waals surface area contributed by atoms with Crippen LogP contribution >= 0.6 is 0 Å². The van der Waals surface area contributed by atoms with Crippen LogP contribution in [0, 0.1) is 5.41 Å². The average molecular weight is 498 g/mol. The van der Waals surface area contributed by atoms with Crippen molar-refractivity contribution in [3.63, 3.8) is 0 Å². The van der Waals surface area contributed by atoms with Gasteiger partial charge in [-0.05, 0) is 36.0 Å². The zero-order chi connectivity index (χ0) is 25.6. The van der Waals surface area contributed by atoms with Crippen LogP contribution in [0.4, 0.5) is 26.3 Å². The Bertz CT molecular complexity index is 1130. The van der Waals surface area contributed by atoms with Crippen LogP contribution in [0.2, 0.25) is 0 Å². The van der Waals surface area contributed by atoms with E-state index in [1.54, 1.807) is 56.3 Å². The van der Waals surface area contributed by atoms with Crippen molar-refractivity contribution in [1.82, 2.24) is 4.90 Å². The number of hydrogen-bond acceptors (Lipinski definition) is 4. The first-order valence-corrected chi connectivity index (χ1v) is 11.1. The molecule has 0 atom stereocenters. The number of carbonyl (C=O) groups excluding carboxylic acids is 1. The van der Waals surface area contributed by atoms with Gasteiger partial charge in [0.15, 0.2) is 5.78 Å². The lowest BCUT2D eigenvalue weighted by Crippen LogP contribution is -2.63. The van der Waals surface area contributed by atoms with Gasteiger partial charge in [0, 0.05) is 18.5 Å². The van der Waals surface area contributed by atoms with Gasteiger partial charge in [0.1, 0.15) is 11.6 Å². The number of allylic oxidation sites excluding steroid dienone is 1. The highest BCUT2D eigenvalue weighted by atomic mass is 19.4. The summed E-state index contributed by atoms with van der Waals surface area (Å²) in [5.41, 5.74) is -6.34. The number of alkyl halides is 6. The molecule has 2 aliphatic rings. The summed E-state index contributed by atoms with van der Waals surface area (Å²) in [5.74, 6) is -1.25. The molecule has 0 spiro atoms. The fourth-order valence-corrected chi connectivity index (χ4v) is 4.80. The molecule has 0 saturated heterocycles. The lowest BCUT2D eigenvalue weighted by atomic mass is 9.69. The molecule has 1 aliphatic carbocycles. The van der Waals surface area contributed by atoms with Crippen molar-refractivity contribution >= 4 is 11.6 Å². The SMILES string of the molecule is CC1(C)CC(=O)C2=C(C1)N(Cc1ccco1)C(CCc1ccccc1)=NC2(C(F)(F)F)C(F)(F)F.